The molecule has 1 aromatic rings. The second-order valence-corrected chi connectivity index (χ2v) is 5.65. The Hall–Kier alpha value is -1.20. The molecule has 1 aromatic heterocycles. The molecule has 0 bridgehead atoms. The molecule has 2 heterocycles. The fourth-order valence-corrected chi connectivity index (χ4v) is 2.29. The largest absolute Gasteiger partial charge is 0.475 e. The van der Waals surface area contributed by atoms with E-state index in [0.29, 0.717) is 18.5 Å². The molecule has 5 nitrogen and oxygen atoms in total. The quantitative estimate of drug-likeness (QED) is 0.825. The van der Waals surface area contributed by atoms with Gasteiger partial charge in [0.15, 0.2) is 0 Å². The van der Waals surface area contributed by atoms with Gasteiger partial charge in [-0.15, -0.1) is 5.10 Å². The topological polar surface area (TPSA) is 50.3 Å². The monoisotopic (exact) mass is 278 g/mol. The predicted octanol–water partition coefficient (Wildman–Crippen LogP) is 1.84. The molecule has 0 amide bonds. The van der Waals surface area contributed by atoms with Crippen molar-refractivity contribution in [2.45, 2.75) is 45.7 Å². The van der Waals surface area contributed by atoms with Gasteiger partial charge in [-0.3, -0.25) is 4.90 Å². The van der Waals surface area contributed by atoms with Crippen LogP contribution in [0.3, 0.4) is 0 Å². The van der Waals surface area contributed by atoms with Crippen LogP contribution >= 0.6 is 0 Å². The van der Waals surface area contributed by atoms with Crippen molar-refractivity contribution in [2.75, 3.05) is 26.2 Å². The highest BCUT2D eigenvalue weighted by atomic mass is 16.5. The molecule has 1 N–H and O–H groups in total. The van der Waals surface area contributed by atoms with Gasteiger partial charge in [0, 0.05) is 25.2 Å². The highest BCUT2D eigenvalue weighted by Gasteiger charge is 2.09. The summed E-state index contributed by atoms with van der Waals surface area (Å²) < 4.78 is 5.65. The molecular formula is C15H26N4O. The van der Waals surface area contributed by atoms with Gasteiger partial charge in [0.05, 0.1) is 5.69 Å². The van der Waals surface area contributed by atoms with Gasteiger partial charge in [-0.25, -0.2) is 0 Å². The molecule has 5 heteroatoms. The second kappa shape index (κ2) is 8.17. The lowest BCUT2D eigenvalue weighted by molar-refractivity contribution is 0.179. The van der Waals surface area contributed by atoms with Gasteiger partial charge in [0.2, 0.25) is 5.88 Å². The SMILES string of the molecule is CC(C)NCc1ccc(OCCN2CCCCC2)nn1. The van der Waals surface area contributed by atoms with Crippen molar-refractivity contribution in [1.82, 2.24) is 20.4 Å². The molecular weight excluding hydrogens is 252 g/mol. The lowest BCUT2D eigenvalue weighted by atomic mass is 10.1. The van der Waals surface area contributed by atoms with Crippen molar-refractivity contribution in [1.29, 1.82) is 0 Å². The first-order valence-corrected chi connectivity index (χ1v) is 7.65. The molecule has 1 saturated heterocycles. The standard InChI is InChI=1S/C15H26N4O/c1-13(2)16-12-14-6-7-15(18-17-14)20-11-10-19-8-4-3-5-9-19/h6-7,13,16H,3-5,8-12H2,1-2H3. The Kier molecular flexibility index (Phi) is 6.21. The fourth-order valence-electron chi connectivity index (χ4n) is 2.29. The molecule has 1 fully saturated rings. The van der Waals surface area contributed by atoms with Crippen molar-refractivity contribution in [3.63, 3.8) is 0 Å². The van der Waals surface area contributed by atoms with E-state index in [-0.39, 0.29) is 0 Å². The van der Waals surface area contributed by atoms with Crippen molar-refractivity contribution in [2.24, 2.45) is 0 Å². The van der Waals surface area contributed by atoms with Gasteiger partial charge in [0.25, 0.3) is 0 Å². The van der Waals surface area contributed by atoms with Crippen LogP contribution in [0.25, 0.3) is 0 Å². The van der Waals surface area contributed by atoms with Crippen LogP contribution in [0.1, 0.15) is 38.8 Å². The van der Waals surface area contributed by atoms with Crippen molar-refractivity contribution in [3.05, 3.63) is 17.8 Å². The summed E-state index contributed by atoms with van der Waals surface area (Å²) in [6, 6.07) is 4.33. The Morgan fingerprint density at radius 1 is 1.20 bits per heavy atom. The molecule has 1 aliphatic rings. The van der Waals surface area contributed by atoms with E-state index in [0.717, 1.165) is 18.8 Å². The fraction of sp³-hybridized carbons (Fsp3) is 0.733. The number of ether oxygens (including phenoxy) is 1. The zero-order valence-electron chi connectivity index (χ0n) is 12.6. The molecule has 0 aliphatic carbocycles. The predicted molar refractivity (Wildman–Crippen MR) is 79.8 cm³/mol. The number of nitrogens with one attached hydrogen (secondary N) is 1. The van der Waals surface area contributed by atoms with Crippen LogP contribution in [0.15, 0.2) is 12.1 Å². The lowest BCUT2D eigenvalue weighted by Gasteiger charge is -2.25. The van der Waals surface area contributed by atoms with E-state index in [2.05, 4.69) is 34.3 Å². The summed E-state index contributed by atoms with van der Waals surface area (Å²) in [4.78, 5) is 2.46. The smallest absolute Gasteiger partial charge is 0.233 e. The summed E-state index contributed by atoms with van der Waals surface area (Å²) in [7, 11) is 0. The Morgan fingerprint density at radius 2 is 2.00 bits per heavy atom. The number of piperidine rings is 1. The van der Waals surface area contributed by atoms with Crippen molar-refractivity contribution in [3.8, 4) is 5.88 Å². The summed E-state index contributed by atoms with van der Waals surface area (Å²) in [5.74, 6) is 0.621. The molecule has 0 aromatic carbocycles. The molecule has 0 atom stereocenters. The Bertz CT molecular complexity index is 374. The van der Waals surface area contributed by atoms with E-state index in [4.69, 9.17) is 4.74 Å². The maximum absolute atomic E-state index is 5.65. The van der Waals surface area contributed by atoms with E-state index in [9.17, 15) is 0 Å². The maximum Gasteiger partial charge on any atom is 0.233 e. The van der Waals surface area contributed by atoms with Crippen LogP contribution in [0.5, 0.6) is 5.88 Å². The third-order valence-electron chi connectivity index (χ3n) is 3.49. The Morgan fingerprint density at radius 3 is 2.65 bits per heavy atom. The van der Waals surface area contributed by atoms with Gasteiger partial charge in [-0.1, -0.05) is 20.3 Å². The van der Waals surface area contributed by atoms with E-state index in [1.54, 1.807) is 0 Å². The summed E-state index contributed by atoms with van der Waals surface area (Å²) >= 11 is 0. The molecule has 2 rings (SSSR count). The molecule has 112 valence electrons. The van der Waals surface area contributed by atoms with E-state index >= 15 is 0 Å². The van der Waals surface area contributed by atoms with Crippen LogP contribution in [0, 0.1) is 0 Å². The third kappa shape index (κ3) is 5.43. The lowest BCUT2D eigenvalue weighted by Crippen LogP contribution is -2.33. The van der Waals surface area contributed by atoms with Crippen LogP contribution in [-0.2, 0) is 6.54 Å². The zero-order chi connectivity index (χ0) is 14.2. The Labute approximate surface area is 121 Å². The van der Waals surface area contributed by atoms with Crippen LogP contribution in [0.2, 0.25) is 0 Å². The van der Waals surface area contributed by atoms with Crippen molar-refractivity contribution < 1.29 is 4.74 Å². The number of hydrogen-bond acceptors (Lipinski definition) is 5. The van der Waals surface area contributed by atoms with Crippen LogP contribution in [0.4, 0.5) is 0 Å². The van der Waals surface area contributed by atoms with Crippen LogP contribution in [-0.4, -0.2) is 47.4 Å². The number of nitrogens with zero attached hydrogens (tertiary/aromatic N) is 3. The number of hydrogen-bond donors (Lipinski definition) is 1. The summed E-state index contributed by atoms with van der Waals surface area (Å²) in [6.45, 7) is 9.07. The van der Waals surface area contributed by atoms with Gasteiger partial charge in [0.1, 0.15) is 6.61 Å². The first kappa shape index (κ1) is 15.2. The zero-order valence-corrected chi connectivity index (χ0v) is 12.6. The van der Waals surface area contributed by atoms with E-state index < -0.39 is 0 Å². The van der Waals surface area contributed by atoms with Gasteiger partial charge in [-0.05, 0) is 32.0 Å². The average molecular weight is 278 g/mol. The highest BCUT2D eigenvalue weighted by molar-refractivity contribution is 5.11. The van der Waals surface area contributed by atoms with Gasteiger partial charge >= 0.3 is 0 Å². The molecule has 0 spiro atoms. The normalized spacial score (nSPS) is 16.6. The molecule has 0 radical (unpaired) electrons. The van der Waals surface area contributed by atoms with E-state index in [1.807, 2.05) is 12.1 Å². The molecule has 0 unspecified atom stereocenters. The maximum atomic E-state index is 5.65. The third-order valence-corrected chi connectivity index (χ3v) is 3.49. The average Bonchev–Trinajstić information content (AvgIpc) is 2.47. The molecule has 1 aliphatic heterocycles. The Balaban J connectivity index is 1.67. The summed E-state index contributed by atoms with van der Waals surface area (Å²) in [5.41, 5.74) is 0.946. The summed E-state index contributed by atoms with van der Waals surface area (Å²) in [5, 5.41) is 11.6. The second-order valence-electron chi connectivity index (χ2n) is 5.65. The number of rotatable bonds is 7. The number of likely N-dealkylation sites (tertiary alicyclic amines) is 1. The van der Waals surface area contributed by atoms with Gasteiger partial charge in [-0.2, -0.15) is 5.10 Å². The minimum Gasteiger partial charge on any atom is -0.475 e. The van der Waals surface area contributed by atoms with Gasteiger partial charge < -0.3 is 10.1 Å². The highest BCUT2D eigenvalue weighted by Crippen LogP contribution is 2.09. The first-order valence-electron chi connectivity index (χ1n) is 7.65. The minimum absolute atomic E-state index is 0.456. The van der Waals surface area contributed by atoms with Crippen LogP contribution < -0.4 is 10.1 Å². The van der Waals surface area contributed by atoms with Crippen molar-refractivity contribution >= 4 is 0 Å². The van der Waals surface area contributed by atoms with E-state index in [1.165, 1.54) is 32.4 Å². The molecule has 0 saturated carbocycles. The first-order chi connectivity index (χ1) is 9.74. The molecule has 20 heavy (non-hydrogen) atoms. The number of aromatic nitrogens is 2. The summed E-state index contributed by atoms with van der Waals surface area (Å²) in [6.07, 6.45) is 4.00. The minimum atomic E-state index is 0.456.